The monoisotopic (exact) mass is 358 g/mol. The SMILES string of the molecule is COc1ccc(C(C=O)=Cc2ccc(OC)c(OC)c2OC)cc1OC. The number of rotatable bonds is 8. The van der Waals surface area contributed by atoms with Crippen LogP contribution in [0, 0.1) is 0 Å². The molecule has 0 heterocycles. The first-order valence-corrected chi connectivity index (χ1v) is 7.81. The summed E-state index contributed by atoms with van der Waals surface area (Å²) in [4.78, 5) is 11.7. The molecule has 0 aromatic heterocycles. The second kappa shape index (κ2) is 8.80. The van der Waals surface area contributed by atoms with Crippen LogP contribution in [-0.4, -0.2) is 41.8 Å². The molecule has 0 fully saturated rings. The van der Waals surface area contributed by atoms with Crippen LogP contribution in [0.2, 0.25) is 0 Å². The first kappa shape index (κ1) is 19.2. The molecule has 0 spiro atoms. The summed E-state index contributed by atoms with van der Waals surface area (Å²) in [5.74, 6) is 2.61. The van der Waals surface area contributed by atoms with Crippen molar-refractivity contribution in [3.8, 4) is 28.7 Å². The molecular formula is C20H22O6. The fourth-order valence-electron chi connectivity index (χ4n) is 2.61. The van der Waals surface area contributed by atoms with Gasteiger partial charge in [-0.05, 0) is 35.9 Å². The molecule has 0 N–H and O–H groups in total. The summed E-state index contributed by atoms with van der Waals surface area (Å²) in [6.45, 7) is 0. The fourth-order valence-corrected chi connectivity index (χ4v) is 2.61. The number of methoxy groups -OCH3 is 5. The van der Waals surface area contributed by atoms with Crippen LogP contribution in [0.4, 0.5) is 0 Å². The van der Waals surface area contributed by atoms with E-state index in [0.29, 0.717) is 45.4 Å². The molecule has 0 aliphatic carbocycles. The van der Waals surface area contributed by atoms with Crippen molar-refractivity contribution in [2.24, 2.45) is 0 Å². The minimum absolute atomic E-state index is 0.455. The fraction of sp³-hybridized carbons (Fsp3) is 0.250. The minimum Gasteiger partial charge on any atom is -0.493 e. The van der Waals surface area contributed by atoms with E-state index in [9.17, 15) is 4.79 Å². The molecule has 2 aromatic rings. The summed E-state index contributed by atoms with van der Waals surface area (Å²) in [5.41, 5.74) is 1.83. The van der Waals surface area contributed by atoms with Gasteiger partial charge in [-0.15, -0.1) is 0 Å². The Morgan fingerprint density at radius 3 is 1.88 bits per heavy atom. The number of aldehydes is 1. The Bertz CT molecular complexity index is 810. The van der Waals surface area contributed by atoms with Gasteiger partial charge >= 0.3 is 0 Å². The Morgan fingerprint density at radius 2 is 1.35 bits per heavy atom. The number of allylic oxidation sites excluding steroid dienone is 1. The standard InChI is InChI=1S/C20H22O6/c1-22-16-8-6-13(11-18(16)24-3)15(12-21)10-14-7-9-17(23-2)20(26-5)19(14)25-4/h6-12H,1-5H3. The molecule has 0 amide bonds. The van der Waals surface area contributed by atoms with Crippen LogP contribution in [0.3, 0.4) is 0 Å². The second-order valence-corrected chi connectivity index (χ2v) is 5.21. The molecular weight excluding hydrogens is 336 g/mol. The minimum atomic E-state index is 0.455. The average Bonchev–Trinajstić information content (AvgIpc) is 2.70. The normalized spacial score (nSPS) is 10.9. The number of carbonyl (C=O) groups excluding carboxylic acids is 1. The van der Waals surface area contributed by atoms with Crippen molar-refractivity contribution in [1.29, 1.82) is 0 Å². The van der Waals surface area contributed by atoms with Crippen LogP contribution in [0.25, 0.3) is 11.6 Å². The molecule has 2 aromatic carbocycles. The summed E-state index contributed by atoms with van der Waals surface area (Å²) in [6, 6.07) is 8.83. The highest BCUT2D eigenvalue weighted by Gasteiger charge is 2.16. The molecule has 6 heteroatoms. The van der Waals surface area contributed by atoms with Crippen molar-refractivity contribution in [1.82, 2.24) is 0 Å². The van der Waals surface area contributed by atoms with Crippen molar-refractivity contribution in [3.63, 3.8) is 0 Å². The average molecular weight is 358 g/mol. The van der Waals surface area contributed by atoms with Crippen LogP contribution in [0.15, 0.2) is 30.3 Å². The molecule has 0 bridgehead atoms. The lowest BCUT2D eigenvalue weighted by Crippen LogP contribution is -1.97. The molecule has 0 aliphatic rings. The number of hydrogen-bond acceptors (Lipinski definition) is 6. The van der Waals surface area contributed by atoms with Crippen LogP contribution in [0.5, 0.6) is 28.7 Å². The van der Waals surface area contributed by atoms with Gasteiger partial charge in [-0.1, -0.05) is 6.07 Å². The Balaban J connectivity index is 2.58. The van der Waals surface area contributed by atoms with E-state index in [2.05, 4.69) is 0 Å². The quantitative estimate of drug-likeness (QED) is 0.409. The molecule has 0 unspecified atom stereocenters. The van der Waals surface area contributed by atoms with Gasteiger partial charge in [0.2, 0.25) is 5.75 Å². The maximum Gasteiger partial charge on any atom is 0.203 e. The zero-order valence-electron chi connectivity index (χ0n) is 15.5. The van der Waals surface area contributed by atoms with Crippen molar-refractivity contribution in [2.75, 3.05) is 35.5 Å². The van der Waals surface area contributed by atoms with Gasteiger partial charge in [-0.2, -0.15) is 0 Å². The molecule has 138 valence electrons. The van der Waals surface area contributed by atoms with Gasteiger partial charge < -0.3 is 23.7 Å². The first-order valence-electron chi connectivity index (χ1n) is 7.81. The van der Waals surface area contributed by atoms with Gasteiger partial charge in [0.05, 0.1) is 35.5 Å². The molecule has 0 radical (unpaired) electrons. The second-order valence-electron chi connectivity index (χ2n) is 5.21. The van der Waals surface area contributed by atoms with E-state index >= 15 is 0 Å². The van der Waals surface area contributed by atoms with E-state index in [1.165, 1.54) is 14.2 Å². The lowest BCUT2D eigenvalue weighted by Gasteiger charge is -2.14. The number of benzene rings is 2. The lowest BCUT2D eigenvalue weighted by atomic mass is 10.0. The molecule has 0 saturated heterocycles. The highest BCUT2D eigenvalue weighted by molar-refractivity contribution is 6.14. The topological polar surface area (TPSA) is 63.2 Å². The molecule has 26 heavy (non-hydrogen) atoms. The van der Waals surface area contributed by atoms with Gasteiger partial charge in [-0.3, -0.25) is 4.79 Å². The van der Waals surface area contributed by atoms with E-state index in [1.54, 1.807) is 57.7 Å². The van der Waals surface area contributed by atoms with Gasteiger partial charge in [0, 0.05) is 11.1 Å². The Kier molecular flexibility index (Phi) is 6.49. The summed E-state index contributed by atoms with van der Waals surface area (Å²) in [5, 5.41) is 0. The van der Waals surface area contributed by atoms with Gasteiger partial charge in [0.1, 0.15) is 0 Å². The van der Waals surface area contributed by atoms with Gasteiger partial charge in [0.15, 0.2) is 29.3 Å². The van der Waals surface area contributed by atoms with Gasteiger partial charge in [0.25, 0.3) is 0 Å². The summed E-state index contributed by atoms with van der Waals surface area (Å²) >= 11 is 0. The van der Waals surface area contributed by atoms with Crippen LogP contribution in [0.1, 0.15) is 11.1 Å². The maximum atomic E-state index is 11.7. The third-order valence-corrected chi connectivity index (χ3v) is 3.89. The predicted octanol–water partition coefficient (Wildman–Crippen LogP) is 3.47. The molecule has 0 atom stereocenters. The largest absolute Gasteiger partial charge is 0.493 e. The maximum absolute atomic E-state index is 11.7. The Labute approximate surface area is 152 Å². The first-order chi connectivity index (χ1) is 12.6. The molecule has 0 saturated carbocycles. The molecule has 2 rings (SSSR count). The summed E-state index contributed by atoms with van der Waals surface area (Å²) < 4.78 is 26.7. The highest BCUT2D eigenvalue weighted by atomic mass is 16.5. The summed E-state index contributed by atoms with van der Waals surface area (Å²) in [7, 11) is 7.72. The van der Waals surface area contributed by atoms with E-state index in [4.69, 9.17) is 23.7 Å². The van der Waals surface area contributed by atoms with Gasteiger partial charge in [-0.25, -0.2) is 0 Å². The van der Waals surface area contributed by atoms with E-state index in [0.717, 1.165) is 6.29 Å². The van der Waals surface area contributed by atoms with Crippen molar-refractivity contribution in [2.45, 2.75) is 0 Å². The zero-order chi connectivity index (χ0) is 19.1. The summed E-state index contributed by atoms with van der Waals surface area (Å²) in [6.07, 6.45) is 2.49. The predicted molar refractivity (Wildman–Crippen MR) is 99.6 cm³/mol. The molecule has 0 aliphatic heterocycles. The van der Waals surface area contributed by atoms with E-state index in [-0.39, 0.29) is 0 Å². The van der Waals surface area contributed by atoms with Crippen LogP contribution >= 0.6 is 0 Å². The van der Waals surface area contributed by atoms with Crippen molar-refractivity contribution < 1.29 is 28.5 Å². The van der Waals surface area contributed by atoms with E-state index < -0.39 is 0 Å². The smallest absolute Gasteiger partial charge is 0.203 e. The molecule has 6 nitrogen and oxygen atoms in total. The number of ether oxygens (including phenoxy) is 5. The third kappa shape index (κ3) is 3.74. The Morgan fingerprint density at radius 1 is 0.731 bits per heavy atom. The zero-order valence-corrected chi connectivity index (χ0v) is 15.5. The highest BCUT2D eigenvalue weighted by Crippen LogP contribution is 2.41. The Hall–Kier alpha value is -3.15. The van der Waals surface area contributed by atoms with Crippen molar-refractivity contribution >= 4 is 17.9 Å². The lowest BCUT2D eigenvalue weighted by molar-refractivity contribution is -0.103. The van der Waals surface area contributed by atoms with E-state index in [1.807, 2.05) is 0 Å². The third-order valence-electron chi connectivity index (χ3n) is 3.89. The number of carbonyl (C=O) groups is 1. The van der Waals surface area contributed by atoms with Crippen LogP contribution in [-0.2, 0) is 4.79 Å². The van der Waals surface area contributed by atoms with Crippen molar-refractivity contribution in [3.05, 3.63) is 41.5 Å². The number of hydrogen-bond donors (Lipinski definition) is 0. The van der Waals surface area contributed by atoms with Crippen LogP contribution < -0.4 is 23.7 Å².